The zero-order valence-electron chi connectivity index (χ0n) is 13.9. The van der Waals surface area contributed by atoms with E-state index in [9.17, 15) is 9.59 Å². The maximum Gasteiger partial charge on any atom is 0.246 e. The van der Waals surface area contributed by atoms with Crippen LogP contribution in [-0.4, -0.2) is 54.3 Å². The number of carbonyl (C=O) groups is 2. The van der Waals surface area contributed by atoms with Crippen molar-refractivity contribution in [3.05, 3.63) is 47.5 Å². The number of hydrogen-bond donors (Lipinski definition) is 1. The molecule has 1 fully saturated rings. The van der Waals surface area contributed by atoms with E-state index >= 15 is 0 Å². The Hall–Kier alpha value is -2.14. The number of piperazine rings is 1. The molecule has 1 saturated heterocycles. The summed E-state index contributed by atoms with van der Waals surface area (Å²) in [6.07, 6.45) is 1.67. The molecule has 1 aliphatic rings. The first-order valence-corrected chi connectivity index (χ1v) is 8.01. The van der Waals surface area contributed by atoms with Gasteiger partial charge in [0.1, 0.15) is 0 Å². The van der Waals surface area contributed by atoms with Crippen molar-refractivity contribution in [3.8, 4) is 0 Å². The van der Waals surface area contributed by atoms with Crippen LogP contribution in [0.2, 0.25) is 0 Å². The highest BCUT2D eigenvalue weighted by molar-refractivity contribution is 5.88. The van der Waals surface area contributed by atoms with Gasteiger partial charge in [-0.05, 0) is 19.4 Å². The van der Waals surface area contributed by atoms with E-state index < -0.39 is 0 Å². The van der Waals surface area contributed by atoms with Crippen molar-refractivity contribution in [3.63, 3.8) is 0 Å². The standard InChI is InChI=1S/C18H25N3O2/c1-15(2)12-18(23)21-10-8-20(9-11-21)14-17(22)19-13-16-6-4-3-5-7-16/h3-7,12H,8-11,13-14H2,1-2H3,(H,19,22). The average molecular weight is 315 g/mol. The minimum atomic E-state index is 0.0259. The van der Waals surface area contributed by atoms with Gasteiger partial charge < -0.3 is 10.2 Å². The van der Waals surface area contributed by atoms with Crippen molar-refractivity contribution in [2.45, 2.75) is 20.4 Å². The van der Waals surface area contributed by atoms with Crippen LogP contribution in [0.4, 0.5) is 0 Å². The number of carbonyl (C=O) groups excluding carboxylic acids is 2. The molecular weight excluding hydrogens is 290 g/mol. The van der Waals surface area contributed by atoms with Gasteiger partial charge in [-0.3, -0.25) is 14.5 Å². The summed E-state index contributed by atoms with van der Waals surface area (Å²) in [7, 11) is 0. The Morgan fingerprint density at radius 1 is 1.09 bits per heavy atom. The summed E-state index contributed by atoms with van der Waals surface area (Å²) in [6, 6.07) is 9.87. The minimum absolute atomic E-state index is 0.0259. The number of rotatable bonds is 5. The van der Waals surface area contributed by atoms with Gasteiger partial charge in [-0.15, -0.1) is 0 Å². The molecule has 0 radical (unpaired) electrons. The van der Waals surface area contributed by atoms with Crippen LogP contribution in [0.3, 0.4) is 0 Å². The maximum absolute atomic E-state index is 12.0. The molecule has 1 aromatic carbocycles. The Labute approximate surface area is 138 Å². The third-order valence-corrected chi connectivity index (χ3v) is 3.80. The zero-order chi connectivity index (χ0) is 16.7. The van der Waals surface area contributed by atoms with Gasteiger partial charge in [0.2, 0.25) is 11.8 Å². The third kappa shape index (κ3) is 5.87. The lowest BCUT2D eigenvalue weighted by Crippen LogP contribution is -2.50. The second-order valence-corrected chi connectivity index (χ2v) is 6.09. The summed E-state index contributed by atoms with van der Waals surface area (Å²) < 4.78 is 0. The van der Waals surface area contributed by atoms with Crippen LogP contribution in [0, 0.1) is 0 Å². The molecule has 0 spiro atoms. The van der Waals surface area contributed by atoms with Crippen molar-refractivity contribution in [1.29, 1.82) is 0 Å². The Morgan fingerprint density at radius 2 is 1.74 bits per heavy atom. The summed E-state index contributed by atoms with van der Waals surface area (Å²) in [6.45, 7) is 7.61. The molecule has 0 atom stereocenters. The molecule has 0 bridgehead atoms. The van der Waals surface area contributed by atoms with Gasteiger partial charge in [0.15, 0.2) is 0 Å². The molecule has 0 unspecified atom stereocenters. The van der Waals surface area contributed by atoms with E-state index in [1.165, 1.54) is 0 Å². The summed E-state index contributed by atoms with van der Waals surface area (Å²) in [4.78, 5) is 27.9. The van der Waals surface area contributed by atoms with Gasteiger partial charge >= 0.3 is 0 Å². The minimum Gasteiger partial charge on any atom is -0.351 e. The van der Waals surface area contributed by atoms with Crippen molar-refractivity contribution in [2.24, 2.45) is 0 Å². The lowest BCUT2D eigenvalue weighted by molar-refractivity contribution is -0.128. The van der Waals surface area contributed by atoms with Gasteiger partial charge in [0.25, 0.3) is 0 Å². The summed E-state index contributed by atoms with van der Waals surface area (Å²) in [5.41, 5.74) is 2.11. The number of allylic oxidation sites excluding steroid dienone is 1. The smallest absolute Gasteiger partial charge is 0.246 e. The van der Waals surface area contributed by atoms with Gasteiger partial charge in [-0.25, -0.2) is 0 Å². The molecule has 1 aromatic rings. The van der Waals surface area contributed by atoms with Crippen LogP contribution >= 0.6 is 0 Å². The van der Waals surface area contributed by atoms with Crippen LogP contribution in [-0.2, 0) is 16.1 Å². The molecule has 5 heteroatoms. The van der Waals surface area contributed by atoms with Crippen LogP contribution in [0.1, 0.15) is 19.4 Å². The Balaban J connectivity index is 1.70. The average Bonchev–Trinajstić information content (AvgIpc) is 2.54. The van der Waals surface area contributed by atoms with Crippen LogP contribution in [0.5, 0.6) is 0 Å². The molecular formula is C18H25N3O2. The molecule has 1 heterocycles. The van der Waals surface area contributed by atoms with E-state index in [-0.39, 0.29) is 11.8 Å². The lowest BCUT2D eigenvalue weighted by atomic mass is 10.2. The fourth-order valence-electron chi connectivity index (χ4n) is 2.52. The van der Waals surface area contributed by atoms with Crippen LogP contribution in [0.15, 0.2) is 42.0 Å². The molecule has 0 aliphatic carbocycles. The van der Waals surface area contributed by atoms with Crippen LogP contribution < -0.4 is 5.32 Å². The van der Waals surface area contributed by atoms with E-state index in [0.717, 1.165) is 24.2 Å². The number of hydrogen-bond acceptors (Lipinski definition) is 3. The topological polar surface area (TPSA) is 52.7 Å². The van der Waals surface area contributed by atoms with E-state index in [1.807, 2.05) is 49.1 Å². The van der Waals surface area contributed by atoms with Gasteiger partial charge in [-0.2, -0.15) is 0 Å². The van der Waals surface area contributed by atoms with Crippen LogP contribution in [0.25, 0.3) is 0 Å². The largest absolute Gasteiger partial charge is 0.351 e. The number of nitrogens with zero attached hydrogens (tertiary/aromatic N) is 2. The monoisotopic (exact) mass is 315 g/mol. The first-order valence-electron chi connectivity index (χ1n) is 8.01. The quantitative estimate of drug-likeness (QED) is 0.836. The number of nitrogens with one attached hydrogen (secondary N) is 1. The molecule has 5 nitrogen and oxygen atoms in total. The SMILES string of the molecule is CC(C)=CC(=O)N1CCN(CC(=O)NCc2ccccc2)CC1. The molecule has 1 N–H and O–H groups in total. The number of benzene rings is 1. The maximum atomic E-state index is 12.0. The van der Waals surface area contributed by atoms with E-state index in [4.69, 9.17) is 0 Å². The normalized spacial score (nSPS) is 15.1. The fraction of sp³-hybridized carbons (Fsp3) is 0.444. The predicted octanol–water partition coefficient (Wildman–Crippen LogP) is 1.41. The molecule has 1 aliphatic heterocycles. The fourth-order valence-corrected chi connectivity index (χ4v) is 2.52. The highest BCUT2D eigenvalue weighted by atomic mass is 16.2. The Morgan fingerprint density at radius 3 is 2.35 bits per heavy atom. The van der Waals surface area contributed by atoms with E-state index in [0.29, 0.717) is 26.2 Å². The zero-order valence-corrected chi connectivity index (χ0v) is 13.9. The van der Waals surface area contributed by atoms with Crippen molar-refractivity contribution in [2.75, 3.05) is 32.7 Å². The van der Waals surface area contributed by atoms with Crippen molar-refractivity contribution < 1.29 is 9.59 Å². The Kier molecular flexibility index (Phi) is 6.35. The highest BCUT2D eigenvalue weighted by Crippen LogP contribution is 2.04. The van der Waals surface area contributed by atoms with Gasteiger partial charge in [-0.1, -0.05) is 35.9 Å². The van der Waals surface area contributed by atoms with Gasteiger partial charge in [0, 0.05) is 38.8 Å². The molecule has 2 amide bonds. The molecule has 0 aromatic heterocycles. The van der Waals surface area contributed by atoms with Crippen molar-refractivity contribution in [1.82, 2.24) is 15.1 Å². The highest BCUT2D eigenvalue weighted by Gasteiger charge is 2.21. The van der Waals surface area contributed by atoms with Crippen molar-refractivity contribution >= 4 is 11.8 Å². The van der Waals surface area contributed by atoms with Gasteiger partial charge in [0.05, 0.1) is 6.54 Å². The lowest BCUT2D eigenvalue weighted by Gasteiger charge is -2.33. The Bertz CT molecular complexity index is 557. The molecule has 0 saturated carbocycles. The second-order valence-electron chi connectivity index (χ2n) is 6.09. The van der Waals surface area contributed by atoms with E-state index in [2.05, 4.69) is 10.2 Å². The molecule has 2 rings (SSSR count). The summed E-state index contributed by atoms with van der Waals surface area (Å²) in [5, 5.41) is 2.94. The third-order valence-electron chi connectivity index (χ3n) is 3.80. The molecule has 23 heavy (non-hydrogen) atoms. The molecule has 124 valence electrons. The second kappa shape index (κ2) is 8.48. The first kappa shape index (κ1) is 17.2. The summed E-state index contributed by atoms with van der Waals surface area (Å²) >= 11 is 0. The summed E-state index contributed by atoms with van der Waals surface area (Å²) in [5.74, 6) is 0.0936. The van der Waals surface area contributed by atoms with E-state index in [1.54, 1.807) is 6.08 Å². The predicted molar refractivity (Wildman–Crippen MR) is 90.7 cm³/mol. The first-order chi connectivity index (χ1) is 11.0. The number of amides is 2.